The molecule has 0 spiro atoms. The zero-order valence-electron chi connectivity index (χ0n) is 11.3. The fourth-order valence-electron chi connectivity index (χ4n) is 2.83. The molecule has 2 fully saturated rings. The van der Waals surface area contributed by atoms with E-state index in [1.807, 2.05) is 0 Å². The number of ether oxygens (including phenoxy) is 1. The second-order valence-corrected chi connectivity index (χ2v) is 5.88. The lowest BCUT2D eigenvalue weighted by molar-refractivity contribution is 0.105. The van der Waals surface area contributed by atoms with Crippen molar-refractivity contribution in [2.24, 2.45) is 11.8 Å². The summed E-state index contributed by atoms with van der Waals surface area (Å²) < 4.78 is 11.4. The maximum absolute atomic E-state index is 5.88. The van der Waals surface area contributed by atoms with E-state index in [1.165, 1.54) is 18.6 Å². The van der Waals surface area contributed by atoms with Gasteiger partial charge < -0.3 is 14.5 Å². The van der Waals surface area contributed by atoms with Gasteiger partial charge in [0.15, 0.2) is 0 Å². The summed E-state index contributed by atoms with van der Waals surface area (Å²) in [4.78, 5) is 0. The normalized spacial score (nSPS) is 35.0. The van der Waals surface area contributed by atoms with Crippen molar-refractivity contribution in [2.75, 3.05) is 13.2 Å². The Balaban J connectivity index is 1.44. The average Bonchev–Trinajstić information content (AvgIpc) is 2.78. The molecular formula is C15H23NO2. The van der Waals surface area contributed by atoms with Crippen LogP contribution in [-0.4, -0.2) is 19.3 Å². The molecule has 0 radical (unpaired) electrons. The first-order valence-electron chi connectivity index (χ1n) is 7.15. The Kier molecular flexibility index (Phi) is 3.44. The first-order chi connectivity index (χ1) is 8.74. The molecule has 1 saturated carbocycles. The van der Waals surface area contributed by atoms with E-state index in [1.54, 1.807) is 0 Å². The maximum atomic E-state index is 5.88. The molecule has 4 atom stereocenters. The summed E-state index contributed by atoms with van der Waals surface area (Å²) >= 11 is 0. The first kappa shape index (κ1) is 12.2. The van der Waals surface area contributed by atoms with Gasteiger partial charge in [0.25, 0.3) is 0 Å². The highest BCUT2D eigenvalue weighted by atomic mass is 16.5. The molecule has 3 heteroatoms. The van der Waals surface area contributed by atoms with Crippen LogP contribution in [0.3, 0.4) is 0 Å². The second-order valence-electron chi connectivity index (χ2n) is 5.88. The van der Waals surface area contributed by atoms with Gasteiger partial charge in [-0.15, -0.1) is 0 Å². The van der Waals surface area contributed by atoms with Gasteiger partial charge in [-0.05, 0) is 43.7 Å². The van der Waals surface area contributed by atoms with Crippen LogP contribution in [0.4, 0.5) is 0 Å². The minimum atomic E-state index is 0.400. The van der Waals surface area contributed by atoms with E-state index in [4.69, 9.17) is 9.15 Å². The van der Waals surface area contributed by atoms with Gasteiger partial charge in [-0.2, -0.15) is 0 Å². The molecule has 1 saturated heterocycles. The highest BCUT2D eigenvalue weighted by molar-refractivity contribution is 5.17. The number of furan rings is 1. The van der Waals surface area contributed by atoms with Crippen LogP contribution in [0.2, 0.25) is 0 Å². The van der Waals surface area contributed by atoms with E-state index < -0.39 is 0 Å². The SMILES string of the molecule is CC1CC1c1ccc(CNCC2CCOC2C)o1. The van der Waals surface area contributed by atoms with Gasteiger partial charge in [0.05, 0.1) is 12.6 Å². The lowest BCUT2D eigenvalue weighted by atomic mass is 10.0. The van der Waals surface area contributed by atoms with E-state index in [-0.39, 0.29) is 0 Å². The number of rotatable bonds is 5. The van der Waals surface area contributed by atoms with Crippen LogP contribution < -0.4 is 5.32 Å². The minimum absolute atomic E-state index is 0.400. The predicted molar refractivity (Wildman–Crippen MR) is 70.5 cm³/mol. The molecule has 18 heavy (non-hydrogen) atoms. The van der Waals surface area contributed by atoms with Crippen molar-refractivity contribution in [2.45, 2.75) is 45.3 Å². The van der Waals surface area contributed by atoms with Gasteiger partial charge in [0, 0.05) is 19.1 Å². The monoisotopic (exact) mass is 249 g/mol. The number of hydrogen-bond acceptors (Lipinski definition) is 3. The maximum Gasteiger partial charge on any atom is 0.117 e. The van der Waals surface area contributed by atoms with Crippen molar-refractivity contribution >= 4 is 0 Å². The van der Waals surface area contributed by atoms with Gasteiger partial charge in [0.1, 0.15) is 11.5 Å². The van der Waals surface area contributed by atoms with E-state index >= 15 is 0 Å². The van der Waals surface area contributed by atoms with Gasteiger partial charge in [-0.25, -0.2) is 0 Å². The number of hydrogen-bond donors (Lipinski definition) is 1. The highest BCUT2D eigenvalue weighted by Crippen LogP contribution is 2.47. The molecule has 2 aliphatic rings. The second kappa shape index (κ2) is 5.06. The lowest BCUT2D eigenvalue weighted by Crippen LogP contribution is -2.26. The molecule has 0 bridgehead atoms. The smallest absolute Gasteiger partial charge is 0.117 e. The highest BCUT2D eigenvalue weighted by Gasteiger charge is 2.36. The van der Waals surface area contributed by atoms with Crippen LogP contribution >= 0.6 is 0 Å². The Hall–Kier alpha value is -0.800. The third kappa shape index (κ3) is 2.62. The third-order valence-electron chi connectivity index (χ3n) is 4.40. The molecule has 1 aliphatic carbocycles. The summed E-state index contributed by atoms with van der Waals surface area (Å²) in [5.41, 5.74) is 0. The van der Waals surface area contributed by atoms with Gasteiger partial charge in [-0.1, -0.05) is 6.92 Å². The van der Waals surface area contributed by atoms with Gasteiger partial charge in [-0.3, -0.25) is 0 Å². The molecule has 1 aromatic heterocycles. The quantitative estimate of drug-likeness (QED) is 0.871. The summed E-state index contributed by atoms with van der Waals surface area (Å²) in [5.74, 6) is 4.39. The molecule has 2 heterocycles. The Bertz CT molecular complexity index is 401. The molecule has 4 unspecified atom stereocenters. The van der Waals surface area contributed by atoms with E-state index in [2.05, 4.69) is 31.3 Å². The van der Waals surface area contributed by atoms with Crippen LogP contribution in [0.5, 0.6) is 0 Å². The van der Waals surface area contributed by atoms with E-state index in [0.717, 1.165) is 31.4 Å². The van der Waals surface area contributed by atoms with Crippen LogP contribution in [0.1, 0.15) is 44.1 Å². The van der Waals surface area contributed by atoms with E-state index in [9.17, 15) is 0 Å². The third-order valence-corrected chi connectivity index (χ3v) is 4.40. The molecule has 0 amide bonds. The van der Waals surface area contributed by atoms with Crippen LogP contribution in [0, 0.1) is 11.8 Å². The Labute approximate surface area is 109 Å². The minimum Gasteiger partial charge on any atom is -0.464 e. The van der Waals surface area contributed by atoms with E-state index in [0.29, 0.717) is 17.9 Å². The number of nitrogens with one attached hydrogen (secondary N) is 1. The fraction of sp³-hybridized carbons (Fsp3) is 0.733. The molecule has 1 N–H and O–H groups in total. The molecule has 3 rings (SSSR count). The van der Waals surface area contributed by atoms with Crippen molar-refractivity contribution in [3.05, 3.63) is 23.7 Å². The molecule has 0 aromatic carbocycles. The molecular weight excluding hydrogens is 226 g/mol. The molecule has 3 nitrogen and oxygen atoms in total. The Morgan fingerprint density at radius 1 is 1.33 bits per heavy atom. The average molecular weight is 249 g/mol. The summed E-state index contributed by atoms with van der Waals surface area (Å²) in [6.45, 7) is 7.23. The zero-order chi connectivity index (χ0) is 12.5. The summed E-state index contributed by atoms with van der Waals surface area (Å²) in [6, 6.07) is 4.26. The van der Waals surface area contributed by atoms with Crippen molar-refractivity contribution in [1.82, 2.24) is 5.32 Å². The largest absolute Gasteiger partial charge is 0.464 e. The molecule has 1 aliphatic heterocycles. The van der Waals surface area contributed by atoms with Crippen molar-refractivity contribution in [3.63, 3.8) is 0 Å². The summed E-state index contributed by atoms with van der Waals surface area (Å²) in [7, 11) is 0. The molecule has 100 valence electrons. The standard InChI is InChI=1S/C15H23NO2/c1-10-7-14(10)15-4-3-13(18-15)9-16-8-12-5-6-17-11(12)2/h3-4,10-12,14,16H,5-9H2,1-2H3. The fourth-order valence-corrected chi connectivity index (χ4v) is 2.83. The first-order valence-corrected chi connectivity index (χ1v) is 7.15. The van der Waals surface area contributed by atoms with Crippen LogP contribution in [0.25, 0.3) is 0 Å². The van der Waals surface area contributed by atoms with Crippen LogP contribution in [-0.2, 0) is 11.3 Å². The lowest BCUT2D eigenvalue weighted by Gasteiger charge is -2.13. The van der Waals surface area contributed by atoms with Gasteiger partial charge in [0.2, 0.25) is 0 Å². The van der Waals surface area contributed by atoms with Crippen molar-refractivity contribution in [3.8, 4) is 0 Å². The Morgan fingerprint density at radius 2 is 2.17 bits per heavy atom. The summed E-state index contributed by atoms with van der Waals surface area (Å²) in [5, 5.41) is 3.48. The van der Waals surface area contributed by atoms with Gasteiger partial charge >= 0.3 is 0 Å². The van der Waals surface area contributed by atoms with Crippen LogP contribution in [0.15, 0.2) is 16.5 Å². The predicted octanol–water partition coefficient (Wildman–Crippen LogP) is 2.92. The topological polar surface area (TPSA) is 34.4 Å². The Morgan fingerprint density at radius 3 is 2.83 bits per heavy atom. The molecule has 1 aromatic rings. The van der Waals surface area contributed by atoms with Crippen molar-refractivity contribution < 1.29 is 9.15 Å². The van der Waals surface area contributed by atoms with Crippen molar-refractivity contribution in [1.29, 1.82) is 0 Å². The summed E-state index contributed by atoms with van der Waals surface area (Å²) in [6.07, 6.45) is 2.87. The zero-order valence-corrected chi connectivity index (χ0v) is 11.3.